The number of hydrogen-bond acceptors (Lipinski definition) is 7. The van der Waals surface area contributed by atoms with Crippen molar-refractivity contribution in [2.45, 2.75) is 34.1 Å². The van der Waals surface area contributed by atoms with Gasteiger partial charge in [0.15, 0.2) is 17.3 Å². The molecule has 10 heteroatoms. The van der Waals surface area contributed by atoms with Crippen molar-refractivity contribution in [2.24, 2.45) is 10.1 Å². The van der Waals surface area contributed by atoms with E-state index in [1.165, 1.54) is 22.3 Å². The molecule has 0 aliphatic carbocycles. The number of rotatable bonds is 9. The first-order valence-electron chi connectivity index (χ1n) is 11.6. The van der Waals surface area contributed by atoms with Crippen LogP contribution < -0.4 is 14.2 Å². The maximum atomic E-state index is 12.7. The molecule has 0 saturated heterocycles. The number of aliphatic imine (C=N–C) groups is 1. The number of amidine groups is 2. The van der Waals surface area contributed by atoms with Crippen LogP contribution in [0.15, 0.2) is 46.0 Å². The molecule has 2 aromatic carbocycles. The van der Waals surface area contributed by atoms with E-state index >= 15 is 0 Å². The molecular weight excluding hydrogens is 500 g/mol. The van der Waals surface area contributed by atoms with Crippen LogP contribution in [-0.2, 0) is 4.79 Å². The van der Waals surface area contributed by atoms with Gasteiger partial charge in [-0.1, -0.05) is 36.2 Å². The second-order valence-corrected chi connectivity index (χ2v) is 9.54. The topological polar surface area (TPSA) is 96.6 Å². The number of hydrogen-bond donors (Lipinski definition) is 1. The average molecular weight is 527 g/mol. The molecular formula is C26H27ClN4O4S. The van der Waals surface area contributed by atoms with Gasteiger partial charge < -0.3 is 14.2 Å². The Morgan fingerprint density at radius 3 is 2.58 bits per heavy atom. The van der Waals surface area contributed by atoms with E-state index < -0.39 is 5.91 Å². The number of carbonyl (C=O) groups excluding carboxylic acids is 1. The number of hydrazone groups is 1. The van der Waals surface area contributed by atoms with Crippen LogP contribution in [0.5, 0.6) is 17.2 Å². The number of fused-ring (bicyclic) bond motifs is 1. The highest BCUT2D eigenvalue weighted by atomic mass is 35.5. The quantitative estimate of drug-likeness (QED) is 0.325. The van der Waals surface area contributed by atoms with Gasteiger partial charge >= 0.3 is 0 Å². The lowest BCUT2D eigenvalue weighted by molar-refractivity contribution is -0.114. The number of halogens is 1. The van der Waals surface area contributed by atoms with Gasteiger partial charge in [0, 0.05) is 0 Å². The van der Waals surface area contributed by atoms with Crippen molar-refractivity contribution < 1.29 is 19.0 Å². The van der Waals surface area contributed by atoms with Gasteiger partial charge in [-0.3, -0.25) is 10.2 Å². The molecule has 0 fully saturated rings. The van der Waals surface area contributed by atoms with E-state index in [0.29, 0.717) is 46.9 Å². The van der Waals surface area contributed by atoms with E-state index in [1.54, 1.807) is 18.2 Å². The third-order valence-corrected chi connectivity index (χ3v) is 6.69. The monoisotopic (exact) mass is 526 g/mol. The molecule has 2 heterocycles. The Kier molecular flexibility index (Phi) is 8.01. The number of amides is 1. The van der Waals surface area contributed by atoms with E-state index in [-0.39, 0.29) is 18.0 Å². The van der Waals surface area contributed by atoms with Crippen LogP contribution in [0.4, 0.5) is 0 Å². The first kappa shape index (κ1) is 25.8. The first-order chi connectivity index (χ1) is 17.3. The van der Waals surface area contributed by atoms with Crippen LogP contribution in [0.3, 0.4) is 0 Å². The normalized spacial score (nSPS) is 16.1. The second kappa shape index (κ2) is 11.2. The third kappa shape index (κ3) is 5.57. The van der Waals surface area contributed by atoms with Crippen molar-refractivity contribution in [3.05, 3.63) is 57.6 Å². The molecule has 2 aromatic rings. The second-order valence-electron chi connectivity index (χ2n) is 8.10. The maximum absolute atomic E-state index is 12.7. The Morgan fingerprint density at radius 1 is 1.08 bits per heavy atom. The summed E-state index contributed by atoms with van der Waals surface area (Å²) >= 11 is 7.85. The van der Waals surface area contributed by atoms with Crippen molar-refractivity contribution in [1.82, 2.24) is 5.01 Å². The Bertz CT molecular complexity index is 1310. The Balaban J connectivity index is 1.51. The minimum atomic E-state index is -0.496. The smallest absolute Gasteiger partial charge is 0.283 e. The largest absolute Gasteiger partial charge is 0.490 e. The van der Waals surface area contributed by atoms with Crippen LogP contribution in [0.1, 0.15) is 37.0 Å². The number of benzene rings is 2. The molecule has 2 aliphatic rings. The maximum Gasteiger partial charge on any atom is 0.283 e. The summed E-state index contributed by atoms with van der Waals surface area (Å²) in [5.41, 5.74) is 2.94. The summed E-state index contributed by atoms with van der Waals surface area (Å²) in [5, 5.41) is 15.8. The highest BCUT2D eigenvalue weighted by Gasteiger charge is 2.35. The average Bonchev–Trinajstić information content (AvgIpc) is 3.25. The lowest BCUT2D eigenvalue weighted by Crippen LogP contribution is -2.35. The lowest BCUT2D eigenvalue weighted by Gasteiger charge is -2.20. The Morgan fingerprint density at radius 2 is 1.86 bits per heavy atom. The zero-order valence-corrected chi connectivity index (χ0v) is 22.1. The zero-order chi connectivity index (χ0) is 25.8. The Labute approximate surface area is 219 Å². The van der Waals surface area contributed by atoms with Gasteiger partial charge in [0.25, 0.3) is 5.91 Å². The summed E-state index contributed by atoms with van der Waals surface area (Å²) in [4.78, 5) is 16.7. The molecule has 0 aromatic heterocycles. The van der Waals surface area contributed by atoms with Crippen LogP contribution in [0, 0.1) is 19.3 Å². The van der Waals surface area contributed by atoms with Gasteiger partial charge in [-0.25, -0.2) is 0 Å². The van der Waals surface area contributed by atoms with Crippen molar-refractivity contribution in [3.8, 4) is 17.2 Å². The molecule has 1 N–H and O–H groups in total. The molecule has 0 atom stereocenters. The summed E-state index contributed by atoms with van der Waals surface area (Å²) in [6.45, 7) is 8.85. The highest BCUT2D eigenvalue weighted by molar-refractivity contribution is 8.26. The molecule has 4 rings (SSSR count). The lowest BCUT2D eigenvalue weighted by atomic mass is 10.1. The first-order valence-corrected chi connectivity index (χ1v) is 12.8. The number of nitrogens with zero attached hydrogens (tertiary/aromatic N) is 3. The molecule has 0 saturated carbocycles. The molecule has 188 valence electrons. The standard InChI is InChI=1S/C26H27ClN4O4S/c1-5-22-30-31-24(28)18(25(32)29-26(31)36-22)12-17-13-19(27)23(21(14-17)33-6-2)35-10-9-34-20-8-7-15(3)11-16(20)4/h7-8,11-14,28H,5-6,9-10H2,1-4H3/b18-12+,28-24?. The van der Waals surface area contributed by atoms with E-state index in [2.05, 4.69) is 16.2 Å². The zero-order valence-electron chi connectivity index (χ0n) is 20.6. The van der Waals surface area contributed by atoms with Crippen LogP contribution in [0.25, 0.3) is 6.08 Å². The predicted molar refractivity (Wildman–Crippen MR) is 145 cm³/mol. The van der Waals surface area contributed by atoms with Gasteiger partial charge in [0.05, 0.1) is 17.2 Å². The summed E-state index contributed by atoms with van der Waals surface area (Å²) in [6, 6.07) is 9.39. The fraction of sp³-hybridized carbons (Fsp3) is 0.308. The van der Waals surface area contributed by atoms with E-state index in [4.69, 9.17) is 31.2 Å². The van der Waals surface area contributed by atoms with E-state index in [9.17, 15) is 4.79 Å². The predicted octanol–water partition coefficient (Wildman–Crippen LogP) is 5.84. The molecule has 1 amide bonds. The number of thioether (sulfide) groups is 1. The number of aryl methyl sites for hydroxylation is 2. The molecule has 0 spiro atoms. The van der Waals surface area contributed by atoms with Gasteiger partial charge in [-0.05, 0) is 74.4 Å². The summed E-state index contributed by atoms with van der Waals surface area (Å²) in [7, 11) is 0. The van der Waals surface area contributed by atoms with Gasteiger partial charge in [0.1, 0.15) is 24.0 Å². The molecule has 2 aliphatic heterocycles. The molecule has 36 heavy (non-hydrogen) atoms. The van der Waals surface area contributed by atoms with Crippen LogP contribution >= 0.6 is 23.4 Å². The summed E-state index contributed by atoms with van der Waals surface area (Å²) in [6.07, 6.45) is 2.27. The van der Waals surface area contributed by atoms with Crippen LogP contribution in [-0.4, -0.2) is 46.8 Å². The number of nitrogens with one attached hydrogen (secondary N) is 1. The van der Waals surface area contributed by atoms with Crippen molar-refractivity contribution in [2.75, 3.05) is 19.8 Å². The molecule has 0 unspecified atom stereocenters. The fourth-order valence-corrected chi connectivity index (χ4v) is 4.77. The van der Waals surface area contributed by atoms with Crippen molar-refractivity contribution in [1.29, 1.82) is 5.41 Å². The van der Waals surface area contributed by atoms with Gasteiger partial charge in [0.2, 0.25) is 5.17 Å². The van der Waals surface area contributed by atoms with E-state index in [0.717, 1.165) is 16.4 Å². The number of ether oxygens (including phenoxy) is 3. The summed E-state index contributed by atoms with van der Waals surface area (Å²) in [5.74, 6) is 1.11. The Hall–Kier alpha value is -3.30. The van der Waals surface area contributed by atoms with Gasteiger partial charge in [-0.15, -0.1) is 0 Å². The van der Waals surface area contributed by atoms with Crippen LogP contribution in [0.2, 0.25) is 5.02 Å². The fourth-order valence-electron chi connectivity index (χ4n) is 3.67. The third-order valence-electron chi connectivity index (χ3n) is 5.36. The molecule has 8 nitrogen and oxygen atoms in total. The molecule has 0 bridgehead atoms. The van der Waals surface area contributed by atoms with Crippen molar-refractivity contribution >= 4 is 51.4 Å². The summed E-state index contributed by atoms with van der Waals surface area (Å²) < 4.78 is 17.5. The minimum absolute atomic E-state index is 0.0288. The SMILES string of the molecule is CCOc1cc(/C=C2\C(=N)N3N=C(CC)SC3=NC2=O)cc(Cl)c1OCCOc1ccc(C)cc1C. The minimum Gasteiger partial charge on any atom is -0.490 e. The highest BCUT2D eigenvalue weighted by Crippen LogP contribution is 2.38. The van der Waals surface area contributed by atoms with E-state index in [1.807, 2.05) is 39.8 Å². The van der Waals surface area contributed by atoms with Crippen molar-refractivity contribution in [3.63, 3.8) is 0 Å². The van der Waals surface area contributed by atoms with Gasteiger partial charge in [-0.2, -0.15) is 15.1 Å². The number of carbonyl (C=O) groups is 1. The molecule has 0 radical (unpaired) electrons.